The molecule has 0 aliphatic heterocycles. The van der Waals surface area contributed by atoms with Gasteiger partial charge in [-0.3, -0.25) is 0 Å². The largest absolute Gasteiger partial charge is 0.493 e. The second-order valence-electron chi connectivity index (χ2n) is 4.51. The van der Waals surface area contributed by atoms with Crippen LogP contribution in [0.4, 0.5) is 0 Å². The van der Waals surface area contributed by atoms with Crippen molar-refractivity contribution in [2.24, 2.45) is 0 Å². The Morgan fingerprint density at radius 3 is 2.68 bits per heavy atom. The number of rotatable bonds is 9. The summed E-state index contributed by atoms with van der Waals surface area (Å²) in [5, 5.41) is 3.14. The van der Waals surface area contributed by atoms with E-state index >= 15 is 0 Å². The molecule has 4 nitrogen and oxygen atoms in total. The highest BCUT2D eigenvalue weighted by Gasteiger charge is 2.08. The van der Waals surface area contributed by atoms with Gasteiger partial charge in [0.1, 0.15) is 18.1 Å². The van der Waals surface area contributed by atoms with E-state index in [9.17, 15) is 0 Å². The molecular formula is C15H25NO3. The second kappa shape index (κ2) is 8.77. The van der Waals surface area contributed by atoms with Crippen molar-refractivity contribution in [3.05, 3.63) is 23.8 Å². The van der Waals surface area contributed by atoms with Gasteiger partial charge in [-0.2, -0.15) is 0 Å². The van der Waals surface area contributed by atoms with Crippen LogP contribution in [0.3, 0.4) is 0 Å². The summed E-state index contributed by atoms with van der Waals surface area (Å²) in [5.74, 6) is 1.70. The zero-order valence-corrected chi connectivity index (χ0v) is 12.4. The first-order valence-electron chi connectivity index (χ1n) is 6.77. The van der Waals surface area contributed by atoms with E-state index in [0.717, 1.165) is 36.6 Å². The van der Waals surface area contributed by atoms with Gasteiger partial charge < -0.3 is 19.5 Å². The molecule has 108 valence electrons. The van der Waals surface area contributed by atoms with Crippen LogP contribution in [-0.2, 0) is 11.3 Å². The summed E-state index contributed by atoms with van der Waals surface area (Å²) in [6, 6.07) is 5.97. The van der Waals surface area contributed by atoms with Crippen LogP contribution in [0.1, 0.15) is 25.8 Å². The Labute approximate surface area is 116 Å². The minimum absolute atomic E-state index is 0.0719. The summed E-state index contributed by atoms with van der Waals surface area (Å²) in [6.45, 7) is 6.09. The normalized spacial score (nSPS) is 12.2. The number of hydrogen-bond acceptors (Lipinski definition) is 4. The number of benzene rings is 1. The number of nitrogens with one attached hydrogen (secondary N) is 1. The molecule has 0 heterocycles. The Kier molecular flexibility index (Phi) is 7.30. The third-order valence-corrected chi connectivity index (χ3v) is 2.75. The Hall–Kier alpha value is -1.26. The molecule has 0 saturated heterocycles. The molecule has 19 heavy (non-hydrogen) atoms. The maximum Gasteiger partial charge on any atom is 0.127 e. The van der Waals surface area contributed by atoms with Gasteiger partial charge in [-0.1, -0.05) is 13.0 Å². The van der Waals surface area contributed by atoms with Gasteiger partial charge >= 0.3 is 0 Å². The lowest BCUT2D eigenvalue weighted by Gasteiger charge is -2.16. The Morgan fingerprint density at radius 1 is 1.26 bits per heavy atom. The summed E-state index contributed by atoms with van der Waals surface area (Å²) in [6.07, 6.45) is 1.07. The summed E-state index contributed by atoms with van der Waals surface area (Å²) < 4.78 is 16.6. The standard InChI is InChI=1S/C15H25NO3/c1-5-8-18-14-7-6-13(10-16-3)15(9-14)19-11-12(2)17-4/h6-7,9,12,16H,5,8,10-11H2,1-4H3. The molecule has 1 atom stereocenters. The van der Waals surface area contributed by atoms with Gasteiger partial charge in [0, 0.05) is 25.3 Å². The first-order valence-corrected chi connectivity index (χ1v) is 6.77. The van der Waals surface area contributed by atoms with Crippen LogP contribution in [0.2, 0.25) is 0 Å². The van der Waals surface area contributed by atoms with Crippen LogP contribution in [-0.4, -0.2) is 33.5 Å². The molecule has 1 aromatic rings. The quantitative estimate of drug-likeness (QED) is 0.746. The molecule has 4 heteroatoms. The van der Waals surface area contributed by atoms with Crippen LogP contribution in [0, 0.1) is 0 Å². The molecule has 0 amide bonds. The van der Waals surface area contributed by atoms with E-state index in [0.29, 0.717) is 6.61 Å². The zero-order chi connectivity index (χ0) is 14.1. The summed E-state index contributed by atoms with van der Waals surface area (Å²) in [5.41, 5.74) is 1.12. The predicted octanol–water partition coefficient (Wildman–Crippen LogP) is 2.61. The average Bonchev–Trinajstić information content (AvgIpc) is 2.44. The molecule has 0 aliphatic rings. The molecule has 0 fully saturated rings. The fraction of sp³-hybridized carbons (Fsp3) is 0.600. The highest BCUT2D eigenvalue weighted by molar-refractivity contribution is 5.40. The van der Waals surface area contributed by atoms with E-state index in [1.54, 1.807) is 7.11 Å². The molecule has 0 radical (unpaired) electrons. The topological polar surface area (TPSA) is 39.7 Å². The fourth-order valence-electron chi connectivity index (χ4n) is 1.59. The summed E-state index contributed by atoms with van der Waals surface area (Å²) >= 11 is 0. The zero-order valence-electron chi connectivity index (χ0n) is 12.4. The number of ether oxygens (including phenoxy) is 3. The van der Waals surface area contributed by atoms with Crippen molar-refractivity contribution in [3.8, 4) is 11.5 Å². The third-order valence-electron chi connectivity index (χ3n) is 2.75. The van der Waals surface area contributed by atoms with Crippen molar-refractivity contribution in [3.63, 3.8) is 0 Å². The van der Waals surface area contributed by atoms with E-state index in [4.69, 9.17) is 14.2 Å². The van der Waals surface area contributed by atoms with Crippen molar-refractivity contribution in [2.45, 2.75) is 32.9 Å². The molecule has 0 bridgehead atoms. The van der Waals surface area contributed by atoms with Crippen LogP contribution >= 0.6 is 0 Å². The van der Waals surface area contributed by atoms with Crippen LogP contribution < -0.4 is 14.8 Å². The van der Waals surface area contributed by atoms with E-state index in [1.807, 2.05) is 32.2 Å². The average molecular weight is 267 g/mol. The molecule has 0 aromatic heterocycles. The second-order valence-corrected chi connectivity index (χ2v) is 4.51. The monoisotopic (exact) mass is 267 g/mol. The van der Waals surface area contributed by atoms with Crippen molar-refractivity contribution < 1.29 is 14.2 Å². The maximum atomic E-state index is 5.82. The molecule has 1 unspecified atom stereocenters. The molecule has 0 spiro atoms. The van der Waals surface area contributed by atoms with Crippen molar-refractivity contribution >= 4 is 0 Å². The molecule has 1 aromatic carbocycles. The van der Waals surface area contributed by atoms with Gasteiger partial charge in [0.05, 0.1) is 12.7 Å². The highest BCUT2D eigenvalue weighted by Crippen LogP contribution is 2.25. The first-order chi connectivity index (χ1) is 9.21. The smallest absolute Gasteiger partial charge is 0.127 e. The van der Waals surface area contributed by atoms with Gasteiger partial charge in [-0.25, -0.2) is 0 Å². The van der Waals surface area contributed by atoms with Crippen LogP contribution in [0.5, 0.6) is 11.5 Å². The highest BCUT2D eigenvalue weighted by atomic mass is 16.5. The van der Waals surface area contributed by atoms with E-state index in [-0.39, 0.29) is 6.10 Å². The Balaban J connectivity index is 2.75. The van der Waals surface area contributed by atoms with E-state index in [1.165, 1.54) is 0 Å². The van der Waals surface area contributed by atoms with Gasteiger partial charge in [-0.05, 0) is 26.5 Å². The Morgan fingerprint density at radius 2 is 2.05 bits per heavy atom. The Bertz CT molecular complexity index is 368. The van der Waals surface area contributed by atoms with Gasteiger partial charge in [-0.15, -0.1) is 0 Å². The molecular weight excluding hydrogens is 242 g/mol. The van der Waals surface area contributed by atoms with Gasteiger partial charge in [0.15, 0.2) is 0 Å². The molecule has 0 saturated carbocycles. The lowest BCUT2D eigenvalue weighted by Crippen LogP contribution is -2.17. The van der Waals surface area contributed by atoms with Gasteiger partial charge in [0.2, 0.25) is 0 Å². The first kappa shape index (κ1) is 15.8. The van der Waals surface area contributed by atoms with Crippen molar-refractivity contribution in [2.75, 3.05) is 27.4 Å². The van der Waals surface area contributed by atoms with E-state index < -0.39 is 0 Å². The van der Waals surface area contributed by atoms with Crippen LogP contribution in [0.15, 0.2) is 18.2 Å². The van der Waals surface area contributed by atoms with Crippen LogP contribution in [0.25, 0.3) is 0 Å². The SMILES string of the molecule is CCCOc1ccc(CNC)c(OCC(C)OC)c1. The number of hydrogen-bond donors (Lipinski definition) is 1. The van der Waals surface area contributed by atoms with Crippen molar-refractivity contribution in [1.29, 1.82) is 0 Å². The minimum Gasteiger partial charge on any atom is -0.493 e. The summed E-state index contributed by atoms with van der Waals surface area (Å²) in [4.78, 5) is 0. The lowest BCUT2D eigenvalue weighted by molar-refractivity contribution is 0.0711. The van der Waals surface area contributed by atoms with E-state index in [2.05, 4.69) is 12.2 Å². The third kappa shape index (κ3) is 5.49. The van der Waals surface area contributed by atoms with Crippen molar-refractivity contribution in [1.82, 2.24) is 5.32 Å². The predicted molar refractivity (Wildman–Crippen MR) is 77.0 cm³/mol. The molecule has 1 rings (SSSR count). The fourth-order valence-corrected chi connectivity index (χ4v) is 1.59. The lowest BCUT2D eigenvalue weighted by atomic mass is 10.2. The summed E-state index contributed by atoms with van der Waals surface area (Å²) in [7, 11) is 3.60. The minimum atomic E-state index is 0.0719. The molecule has 0 aliphatic carbocycles. The number of methoxy groups -OCH3 is 1. The molecule has 1 N–H and O–H groups in total. The maximum absolute atomic E-state index is 5.82. The van der Waals surface area contributed by atoms with Gasteiger partial charge in [0.25, 0.3) is 0 Å².